The zero-order valence-electron chi connectivity index (χ0n) is 13.0. The second kappa shape index (κ2) is 7.11. The fourth-order valence-electron chi connectivity index (χ4n) is 2.81. The molecule has 0 aliphatic carbocycles. The van der Waals surface area contributed by atoms with E-state index in [0.29, 0.717) is 5.75 Å². The van der Waals surface area contributed by atoms with Crippen LogP contribution in [0.4, 0.5) is 5.69 Å². The summed E-state index contributed by atoms with van der Waals surface area (Å²) in [6.07, 6.45) is 2.26. The molecule has 0 spiro atoms. The maximum atomic E-state index is 9.37. The molecule has 1 aliphatic rings. The lowest BCUT2D eigenvalue weighted by molar-refractivity contribution is 0.247. The minimum atomic E-state index is 0.328. The van der Waals surface area contributed by atoms with Crippen molar-refractivity contribution in [3.63, 3.8) is 0 Å². The molecule has 0 radical (unpaired) electrons. The molecule has 1 aromatic carbocycles. The Kier molecular flexibility index (Phi) is 4.95. The second-order valence-corrected chi connectivity index (χ2v) is 6.70. The molecule has 118 valence electrons. The molecule has 0 bridgehead atoms. The van der Waals surface area contributed by atoms with Gasteiger partial charge in [-0.1, -0.05) is 6.92 Å². The first-order chi connectivity index (χ1) is 10.7. The fourth-order valence-corrected chi connectivity index (χ4v) is 3.70. The lowest BCUT2D eigenvalue weighted by Crippen LogP contribution is -2.46. The van der Waals surface area contributed by atoms with Crippen molar-refractivity contribution in [2.75, 3.05) is 31.1 Å². The van der Waals surface area contributed by atoms with Crippen LogP contribution in [0.2, 0.25) is 0 Å². The number of rotatable bonds is 5. The van der Waals surface area contributed by atoms with Crippen LogP contribution in [0.1, 0.15) is 24.0 Å². The number of anilines is 1. The molecule has 0 unspecified atom stereocenters. The van der Waals surface area contributed by atoms with E-state index < -0.39 is 0 Å². The Morgan fingerprint density at radius 2 is 1.86 bits per heavy atom. The van der Waals surface area contributed by atoms with Gasteiger partial charge in [-0.05, 0) is 37.1 Å². The molecule has 5 heteroatoms. The molecule has 2 heterocycles. The number of aromatic hydroxyl groups is 1. The smallest absolute Gasteiger partial charge is 0.115 e. The van der Waals surface area contributed by atoms with Crippen molar-refractivity contribution < 1.29 is 5.11 Å². The average Bonchev–Trinajstić information content (AvgIpc) is 2.97. The molecule has 22 heavy (non-hydrogen) atoms. The van der Waals surface area contributed by atoms with E-state index in [2.05, 4.69) is 22.1 Å². The summed E-state index contributed by atoms with van der Waals surface area (Å²) in [5, 5.41) is 12.8. The van der Waals surface area contributed by atoms with E-state index in [1.807, 2.05) is 12.1 Å². The number of aromatic nitrogens is 1. The topological polar surface area (TPSA) is 39.6 Å². The SMILES string of the molecule is CCCc1nc(CN2CCN(c3ccc(O)cc3)CC2)cs1. The predicted octanol–water partition coefficient (Wildman–Crippen LogP) is 3.12. The lowest BCUT2D eigenvalue weighted by atomic mass is 10.2. The summed E-state index contributed by atoms with van der Waals surface area (Å²) in [7, 11) is 0. The number of hydrogen-bond acceptors (Lipinski definition) is 5. The quantitative estimate of drug-likeness (QED) is 0.920. The maximum absolute atomic E-state index is 9.37. The van der Waals surface area contributed by atoms with Crippen LogP contribution in [0.5, 0.6) is 5.75 Å². The van der Waals surface area contributed by atoms with E-state index in [0.717, 1.165) is 45.6 Å². The van der Waals surface area contributed by atoms with Crippen LogP contribution in [0.15, 0.2) is 29.6 Å². The summed E-state index contributed by atoms with van der Waals surface area (Å²) in [5.41, 5.74) is 2.41. The van der Waals surface area contributed by atoms with Crippen LogP contribution in [-0.4, -0.2) is 41.2 Å². The van der Waals surface area contributed by atoms with Crippen molar-refractivity contribution in [2.24, 2.45) is 0 Å². The molecule has 0 saturated carbocycles. The van der Waals surface area contributed by atoms with Gasteiger partial charge < -0.3 is 10.0 Å². The van der Waals surface area contributed by atoms with Gasteiger partial charge in [0.15, 0.2) is 0 Å². The summed E-state index contributed by atoms with van der Waals surface area (Å²) in [5.74, 6) is 0.328. The van der Waals surface area contributed by atoms with Crippen LogP contribution in [0.3, 0.4) is 0 Å². The van der Waals surface area contributed by atoms with E-state index >= 15 is 0 Å². The third-order valence-electron chi connectivity index (χ3n) is 4.04. The van der Waals surface area contributed by atoms with Gasteiger partial charge in [0.1, 0.15) is 5.75 Å². The van der Waals surface area contributed by atoms with Crippen molar-refractivity contribution in [2.45, 2.75) is 26.3 Å². The molecular formula is C17H23N3OS. The number of hydrogen-bond donors (Lipinski definition) is 1. The van der Waals surface area contributed by atoms with Crippen molar-refractivity contribution in [3.05, 3.63) is 40.3 Å². The average molecular weight is 317 g/mol. The van der Waals surface area contributed by atoms with E-state index in [1.165, 1.54) is 16.4 Å². The highest BCUT2D eigenvalue weighted by Crippen LogP contribution is 2.20. The normalized spacial score (nSPS) is 16.1. The van der Waals surface area contributed by atoms with Gasteiger partial charge in [0, 0.05) is 43.8 Å². The van der Waals surface area contributed by atoms with E-state index in [-0.39, 0.29) is 0 Å². The lowest BCUT2D eigenvalue weighted by Gasteiger charge is -2.35. The first-order valence-electron chi connectivity index (χ1n) is 7.94. The first kappa shape index (κ1) is 15.3. The number of benzene rings is 1. The highest BCUT2D eigenvalue weighted by Gasteiger charge is 2.18. The van der Waals surface area contributed by atoms with Gasteiger partial charge in [0.05, 0.1) is 10.7 Å². The third-order valence-corrected chi connectivity index (χ3v) is 4.99. The Bertz CT molecular complexity index is 588. The van der Waals surface area contributed by atoms with Gasteiger partial charge in [0.25, 0.3) is 0 Å². The predicted molar refractivity (Wildman–Crippen MR) is 91.7 cm³/mol. The zero-order valence-corrected chi connectivity index (χ0v) is 13.9. The summed E-state index contributed by atoms with van der Waals surface area (Å²) < 4.78 is 0. The minimum Gasteiger partial charge on any atom is -0.508 e. The highest BCUT2D eigenvalue weighted by molar-refractivity contribution is 7.09. The molecule has 1 N–H and O–H groups in total. The molecule has 1 saturated heterocycles. The number of aryl methyl sites for hydroxylation is 1. The Labute approximate surface area is 136 Å². The molecule has 4 nitrogen and oxygen atoms in total. The summed E-state index contributed by atoms with van der Waals surface area (Å²) in [6, 6.07) is 7.49. The summed E-state index contributed by atoms with van der Waals surface area (Å²) in [6.45, 7) is 7.32. The van der Waals surface area contributed by atoms with Crippen LogP contribution < -0.4 is 4.90 Å². The Balaban J connectivity index is 1.51. The number of phenols is 1. The number of nitrogens with zero attached hydrogens (tertiary/aromatic N) is 3. The van der Waals surface area contributed by atoms with Gasteiger partial charge in [-0.15, -0.1) is 11.3 Å². The molecule has 2 aromatic rings. The molecule has 0 atom stereocenters. The van der Waals surface area contributed by atoms with Crippen molar-refractivity contribution in [3.8, 4) is 5.75 Å². The monoisotopic (exact) mass is 317 g/mol. The maximum Gasteiger partial charge on any atom is 0.115 e. The highest BCUT2D eigenvalue weighted by atomic mass is 32.1. The Morgan fingerprint density at radius 1 is 1.14 bits per heavy atom. The van der Waals surface area contributed by atoms with Crippen molar-refractivity contribution in [1.29, 1.82) is 0 Å². The molecule has 3 rings (SSSR count). The van der Waals surface area contributed by atoms with Crippen LogP contribution in [0, 0.1) is 0 Å². The Hall–Kier alpha value is -1.59. The second-order valence-electron chi connectivity index (χ2n) is 5.76. The van der Waals surface area contributed by atoms with E-state index in [9.17, 15) is 5.11 Å². The molecular weight excluding hydrogens is 294 g/mol. The Morgan fingerprint density at radius 3 is 2.55 bits per heavy atom. The molecule has 1 fully saturated rings. The zero-order chi connectivity index (χ0) is 15.4. The van der Waals surface area contributed by atoms with Gasteiger partial charge in [-0.3, -0.25) is 4.90 Å². The largest absolute Gasteiger partial charge is 0.508 e. The fraction of sp³-hybridized carbons (Fsp3) is 0.471. The minimum absolute atomic E-state index is 0.328. The number of piperazine rings is 1. The van der Waals surface area contributed by atoms with Gasteiger partial charge in [0.2, 0.25) is 0 Å². The third kappa shape index (κ3) is 3.78. The van der Waals surface area contributed by atoms with E-state index in [1.54, 1.807) is 23.5 Å². The van der Waals surface area contributed by atoms with E-state index in [4.69, 9.17) is 4.98 Å². The number of thiazole rings is 1. The van der Waals surface area contributed by atoms with Crippen molar-refractivity contribution in [1.82, 2.24) is 9.88 Å². The molecule has 0 amide bonds. The van der Waals surface area contributed by atoms with Gasteiger partial charge >= 0.3 is 0 Å². The summed E-state index contributed by atoms with van der Waals surface area (Å²) in [4.78, 5) is 9.56. The molecule has 1 aliphatic heterocycles. The first-order valence-corrected chi connectivity index (χ1v) is 8.82. The standard InChI is InChI=1S/C17H23N3OS/c1-2-3-17-18-14(13-22-17)12-19-8-10-20(11-9-19)15-4-6-16(21)7-5-15/h4-7,13,21H,2-3,8-12H2,1H3. The van der Waals surface area contributed by atoms with Crippen LogP contribution in [0.25, 0.3) is 0 Å². The van der Waals surface area contributed by atoms with Crippen molar-refractivity contribution >= 4 is 17.0 Å². The number of phenolic OH excluding ortho intramolecular Hbond substituents is 1. The summed E-state index contributed by atoms with van der Waals surface area (Å²) >= 11 is 1.79. The van der Waals surface area contributed by atoms with Gasteiger partial charge in [-0.25, -0.2) is 4.98 Å². The van der Waals surface area contributed by atoms with Crippen LogP contribution in [-0.2, 0) is 13.0 Å². The van der Waals surface area contributed by atoms with Gasteiger partial charge in [-0.2, -0.15) is 0 Å². The molecule has 1 aromatic heterocycles. The van der Waals surface area contributed by atoms with Crippen LogP contribution >= 0.6 is 11.3 Å².